The van der Waals surface area contributed by atoms with Crippen molar-refractivity contribution in [2.45, 2.75) is 19.5 Å². The van der Waals surface area contributed by atoms with Crippen molar-refractivity contribution in [3.8, 4) is 5.75 Å². The molecule has 2 aromatic rings. The zero-order valence-electron chi connectivity index (χ0n) is 19.5. The largest absolute Gasteiger partial charge is 0.497 e. The maximum absolute atomic E-state index is 12.7. The van der Waals surface area contributed by atoms with Gasteiger partial charge in [0.15, 0.2) is 0 Å². The first-order valence-corrected chi connectivity index (χ1v) is 11.0. The SMILES string of the molecule is COc1cccc(C(C)N2CCN(CC(=O)N(C)Cc3ccc(N(C)C)cc3)CC2)c1. The van der Waals surface area contributed by atoms with Crippen molar-refractivity contribution in [3.63, 3.8) is 0 Å². The van der Waals surface area contributed by atoms with Crippen LogP contribution in [-0.4, -0.2) is 81.6 Å². The predicted octanol–water partition coefficient (Wildman–Crippen LogP) is 3.10. The first kappa shape index (κ1) is 23.1. The van der Waals surface area contributed by atoms with Crippen LogP contribution in [0.3, 0.4) is 0 Å². The lowest BCUT2D eigenvalue weighted by atomic mass is 10.1. The van der Waals surface area contributed by atoms with E-state index in [1.165, 1.54) is 11.3 Å². The van der Waals surface area contributed by atoms with E-state index in [0.717, 1.165) is 37.5 Å². The minimum absolute atomic E-state index is 0.172. The van der Waals surface area contributed by atoms with Crippen LogP contribution in [0.15, 0.2) is 48.5 Å². The van der Waals surface area contributed by atoms with E-state index in [0.29, 0.717) is 19.1 Å². The van der Waals surface area contributed by atoms with Gasteiger partial charge < -0.3 is 14.5 Å². The summed E-state index contributed by atoms with van der Waals surface area (Å²) >= 11 is 0. The molecule has 31 heavy (non-hydrogen) atoms. The van der Waals surface area contributed by atoms with E-state index >= 15 is 0 Å². The molecule has 1 aliphatic heterocycles. The van der Waals surface area contributed by atoms with Crippen molar-refractivity contribution in [1.29, 1.82) is 0 Å². The van der Waals surface area contributed by atoms with Crippen LogP contribution in [0.25, 0.3) is 0 Å². The lowest BCUT2D eigenvalue weighted by Crippen LogP contribution is -2.50. The van der Waals surface area contributed by atoms with E-state index in [2.05, 4.69) is 58.0 Å². The molecule has 1 aliphatic rings. The number of nitrogens with zero attached hydrogens (tertiary/aromatic N) is 4. The van der Waals surface area contributed by atoms with E-state index in [1.807, 2.05) is 38.2 Å². The summed E-state index contributed by atoms with van der Waals surface area (Å²) in [6.07, 6.45) is 0. The minimum atomic E-state index is 0.172. The van der Waals surface area contributed by atoms with Crippen LogP contribution >= 0.6 is 0 Å². The number of rotatable bonds is 8. The smallest absolute Gasteiger partial charge is 0.236 e. The number of carbonyl (C=O) groups excluding carboxylic acids is 1. The van der Waals surface area contributed by atoms with Crippen molar-refractivity contribution in [3.05, 3.63) is 59.7 Å². The number of carbonyl (C=O) groups is 1. The Bertz CT molecular complexity index is 845. The second-order valence-electron chi connectivity index (χ2n) is 8.58. The quantitative estimate of drug-likeness (QED) is 0.651. The molecule has 3 rings (SSSR count). The number of benzene rings is 2. The molecule has 168 valence electrons. The molecule has 0 aromatic heterocycles. The normalized spacial score (nSPS) is 16.0. The summed E-state index contributed by atoms with van der Waals surface area (Å²) in [7, 11) is 7.66. The Morgan fingerprint density at radius 2 is 1.71 bits per heavy atom. The Morgan fingerprint density at radius 3 is 2.32 bits per heavy atom. The van der Waals surface area contributed by atoms with Crippen LogP contribution in [0.4, 0.5) is 5.69 Å². The number of piperazine rings is 1. The summed E-state index contributed by atoms with van der Waals surface area (Å²) in [5.41, 5.74) is 3.58. The average Bonchev–Trinajstić information content (AvgIpc) is 2.79. The van der Waals surface area contributed by atoms with Gasteiger partial charge >= 0.3 is 0 Å². The Hall–Kier alpha value is -2.57. The van der Waals surface area contributed by atoms with Crippen molar-refractivity contribution in [2.24, 2.45) is 0 Å². The van der Waals surface area contributed by atoms with Gasteiger partial charge in [-0.2, -0.15) is 0 Å². The molecule has 0 radical (unpaired) electrons. The summed E-state index contributed by atoms with van der Waals surface area (Å²) in [4.78, 5) is 21.4. The summed E-state index contributed by atoms with van der Waals surface area (Å²) in [6.45, 7) is 7.09. The fourth-order valence-corrected chi connectivity index (χ4v) is 3.99. The van der Waals surface area contributed by atoms with Gasteiger partial charge in [0.1, 0.15) is 5.75 Å². The monoisotopic (exact) mass is 424 g/mol. The van der Waals surface area contributed by atoms with Gasteiger partial charge in [0.05, 0.1) is 13.7 Å². The number of hydrogen-bond acceptors (Lipinski definition) is 5. The van der Waals surface area contributed by atoms with E-state index in [1.54, 1.807) is 7.11 Å². The molecule has 6 nitrogen and oxygen atoms in total. The highest BCUT2D eigenvalue weighted by atomic mass is 16.5. The van der Waals surface area contributed by atoms with Crippen molar-refractivity contribution in [1.82, 2.24) is 14.7 Å². The van der Waals surface area contributed by atoms with Gasteiger partial charge in [0.2, 0.25) is 5.91 Å². The van der Waals surface area contributed by atoms with Crippen molar-refractivity contribution < 1.29 is 9.53 Å². The summed E-state index contributed by atoms with van der Waals surface area (Å²) in [6, 6.07) is 17.0. The number of anilines is 1. The molecule has 6 heteroatoms. The Kier molecular flexibility index (Phi) is 7.93. The summed E-state index contributed by atoms with van der Waals surface area (Å²) < 4.78 is 5.36. The van der Waals surface area contributed by atoms with Crippen LogP contribution < -0.4 is 9.64 Å². The molecule has 0 bridgehead atoms. The lowest BCUT2D eigenvalue weighted by molar-refractivity contribution is -0.132. The van der Waals surface area contributed by atoms with E-state index in [4.69, 9.17) is 4.74 Å². The zero-order valence-corrected chi connectivity index (χ0v) is 19.5. The predicted molar refractivity (Wildman–Crippen MR) is 127 cm³/mol. The maximum atomic E-state index is 12.7. The second-order valence-corrected chi connectivity index (χ2v) is 8.58. The van der Waals surface area contributed by atoms with Crippen LogP contribution in [-0.2, 0) is 11.3 Å². The topological polar surface area (TPSA) is 39.3 Å². The molecule has 0 spiro atoms. The van der Waals surface area contributed by atoms with Gasteiger partial charge in [-0.05, 0) is 42.3 Å². The Morgan fingerprint density at radius 1 is 1.03 bits per heavy atom. The molecule has 1 saturated heterocycles. The number of hydrogen-bond donors (Lipinski definition) is 0. The van der Waals surface area contributed by atoms with Crippen LogP contribution in [0, 0.1) is 0 Å². The minimum Gasteiger partial charge on any atom is -0.497 e. The standard InChI is InChI=1S/C25H36N4O2/c1-20(22-7-6-8-24(17-22)31-5)29-15-13-28(14-16-29)19-25(30)27(4)18-21-9-11-23(12-10-21)26(2)3/h6-12,17,20H,13-16,18-19H2,1-5H3. The first-order valence-electron chi connectivity index (χ1n) is 11.0. The molecule has 1 amide bonds. The number of methoxy groups -OCH3 is 1. The number of likely N-dealkylation sites (N-methyl/N-ethyl adjacent to an activating group) is 1. The van der Waals surface area contributed by atoms with Gasteiger partial charge in [-0.15, -0.1) is 0 Å². The number of ether oxygens (including phenoxy) is 1. The molecule has 1 unspecified atom stereocenters. The molecule has 1 atom stereocenters. The van der Waals surface area contributed by atoms with Gasteiger partial charge in [0, 0.05) is 65.6 Å². The summed E-state index contributed by atoms with van der Waals surface area (Å²) in [5.74, 6) is 1.07. The van der Waals surface area contributed by atoms with Crippen LogP contribution in [0.5, 0.6) is 5.75 Å². The van der Waals surface area contributed by atoms with Crippen LogP contribution in [0.1, 0.15) is 24.1 Å². The van der Waals surface area contributed by atoms with Gasteiger partial charge in [0.25, 0.3) is 0 Å². The second kappa shape index (κ2) is 10.6. The highest BCUT2D eigenvalue weighted by molar-refractivity contribution is 5.78. The molecular weight excluding hydrogens is 388 g/mol. The molecular formula is C25H36N4O2. The third-order valence-electron chi connectivity index (χ3n) is 6.19. The van der Waals surface area contributed by atoms with E-state index in [9.17, 15) is 4.79 Å². The average molecular weight is 425 g/mol. The molecule has 1 heterocycles. The highest BCUT2D eigenvalue weighted by Crippen LogP contribution is 2.25. The third kappa shape index (κ3) is 6.21. The van der Waals surface area contributed by atoms with Crippen molar-refractivity contribution >= 4 is 11.6 Å². The third-order valence-corrected chi connectivity index (χ3v) is 6.19. The van der Waals surface area contributed by atoms with E-state index in [-0.39, 0.29) is 5.91 Å². The Balaban J connectivity index is 1.46. The maximum Gasteiger partial charge on any atom is 0.236 e. The molecule has 0 aliphatic carbocycles. The van der Waals surface area contributed by atoms with Crippen molar-refractivity contribution in [2.75, 3.05) is 65.9 Å². The van der Waals surface area contributed by atoms with Gasteiger partial charge in [-0.3, -0.25) is 14.6 Å². The van der Waals surface area contributed by atoms with Gasteiger partial charge in [-0.1, -0.05) is 24.3 Å². The fourth-order valence-electron chi connectivity index (χ4n) is 3.99. The Labute approximate surface area is 187 Å². The zero-order chi connectivity index (χ0) is 22.4. The first-order chi connectivity index (χ1) is 14.9. The van der Waals surface area contributed by atoms with E-state index < -0.39 is 0 Å². The molecule has 2 aromatic carbocycles. The molecule has 0 saturated carbocycles. The molecule has 0 N–H and O–H groups in total. The summed E-state index contributed by atoms with van der Waals surface area (Å²) in [5, 5.41) is 0. The van der Waals surface area contributed by atoms with Crippen LogP contribution in [0.2, 0.25) is 0 Å². The fraction of sp³-hybridized carbons (Fsp3) is 0.480. The van der Waals surface area contributed by atoms with Gasteiger partial charge in [-0.25, -0.2) is 0 Å². The highest BCUT2D eigenvalue weighted by Gasteiger charge is 2.24. The number of amides is 1. The lowest BCUT2D eigenvalue weighted by Gasteiger charge is -2.38. The molecule has 1 fully saturated rings.